The van der Waals surface area contributed by atoms with E-state index in [2.05, 4.69) is 15.7 Å². The molecule has 1 aliphatic heterocycles. The third-order valence-corrected chi connectivity index (χ3v) is 8.26. The molecule has 0 fully saturated rings. The van der Waals surface area contributed by atoms with Crippen molar-refractivity contribution in [2.45, 2.75) is 70.4 Å². The van der Waals surface area contributed by atoms with Crippen molar-refractivity contribution >= 4 is 35.3 Å². The summed E-state index contributed by atoms with van der Waals surface area (Å²) >= 11 is 0. The first-order valence-electron chi connectivity index (χ1n) is 16.4. The number of aromatic nitrogens is 2. The first-order chi connectivity index (χ1) is 24.0. The molecule has 2 aromatic carbocycles. The van der Waals surface area contributed by atoms with Crippen LogP contribution in [0.2, 0.25) is 0 Å². The van der Waals surface area contributed by atoms with E-state index < -0.39 is 40.8 Å². The Kier molecular flexibility index (Phi) is 13.5. The molecule has 0 saturated carbocycles. The topological polar surface area (TPSA) is 217 Å². The van der Waals surface area contributed by atoms with E-state index in [4.69, 9.17) is 14.7 Å². The van der Waals surface area contributed by atoms with Crippen LogP contribution in [-0.4, -0.2) is 75.1 Å². The zero-order valence-corrected chi connectivity index (χ0v) is 28.0. The van der Waals surface area contributed by atoms with Gasteiger partial charge in [0.15, 0.2) is 0 Å². The van der Waals surface area contributed by atoms with Crippen molar-refractivity contribution < 1.29 is 49.3 Å². The minimum atomic E-state index is -1.16. The molecule has 3 atom stereocenters. The van der Waals surface area contributed by atoms with Gasteiger partial charge >= 0.3 is 5.97 Å². The maximum atomic E-state index is 13.5. The number of phenols is 2. The highest BCUT2D eigenvalue weighted by atomic mass is 16.8. The number of allylic oxidation sites excluding steroid dienone is 1. The van der Waals surface area contributed by atoms with Gasteiger partial charge in [-0.25, -0.2) is 10.0 Å². The van der Waals surface area contributed by atoms with Gasteiger partial charge < -0.3 is 35.5 Å². The third-order valence-electron chi connectivity index (χ3n) is 8.26. The number of benzene rings is 2. The number of hydrogen-bond donors (Lipinski definition) is 6. The molecule has 1 aromatic heterocycles. The van der Waals surface area contributed by atoms with Gasteiger partial charge in [-0.1, -0.05) is 24.3 Å². The molecule has 15 heteroatoms. The summed E-state index contributed by atoms with van der Waals surface area (Å²) in [5.41, 5.74) is 0.531. The Morgan fingerprint density at radius 1 is 1.12 bits per heavy atom. The van der Waals surface area contributed by atoms with Crippen LogP contribution in [0.15, 0.2) is 48.8 Å². The average molecular weight is 694 g/mol. The SMILES string of the molecule is COc1ccc(C(CC(=O)NCCNC(=O)Cn2cc([NH+]([O-])O)cn2)c2c(O)cc3c(c2O)C(=O)OC(C)CCCC(=O)CCCC=C3)cc1. The molecule has 3 aromatic rings. The van der Waals surface area contributed by atoms with E-state index in [1.165, 1.54) is 24.1 Å². The lowest BCUT2D eigenvalue weighted by Crippen LogP contribution is -2.99. The van der Waals surface area contributed by atoms with Gasteiger partial charge in [0.2, 0.25) is 17.5 Å². The highest BCUT2D eigenvalue weighted by Gasteiger charge is 2.31. The summed E-state index contributed by atoms with van der Waals surface area (Å²) < 4.78 is 12.1. The van der Waals surface area contributed by atoms with Crippen molar-refractivity contribution in [2.24, 2.45) is 0 Å². The Hall–Kier alpha value is -5.25. The van der Waals surface area contributed by atoms with E-state index in [1.54, 1.807) is 43.3 Å². The van der Waals surface area contributed by atoms with Crippen molar-refractivity contribution in [3.8, 4) is 17.2 Å². The molecule has 0 saturated heterocycles. The second kappa shape index (κ2) is 17.9. The van der Waals surface area contributed by atoms with Crippen molar-refractivity contribution in [2.75, 3.05) is 20.2 Å². The summed E-state index contributed by atoms with van der Waals surface area (Å²) in [5, 5.41) is 51.1. The number of rotatable bonds is 11. The molecular weight excluding hydrogens is 650 g/mol. The fourth-order valence-corrected chi connectivity index (χ4v) is 5.67. The number of nitrogens with one attached hydrogen (secondary N) is 3. The number of methoxy groups -OCH3 is 1. The maximum Gasteiger partial charge on any atom is 0.342 e. The number of amides is 2. The molecule has 2 heterocycles. The summed E-state index contributed by atoms with van der Waals surface area (Å²) in [6.45, 7) is 1.60. The predicted octanol–water partition coefficient (Wildman–Crippen LogP) is 2.64. The zero-order valence-electron chi connectivity index (χ0n) is 28.0. The first-order valence-corrected chi connectivity index (χ1v) is 16.4. The largest absolute Gasteiger partial charge is 0.595 e. The summed E-state index contributed by atoms with van der Waals surface area (Å²) in [5.74, 6) is -2.80. The van der Waals surface area contributed by atoms with Crippen LogP contribution in [0.1, 0.15) is 84.8 Å². The Morgan fingerprint density at radius 3 is 2.50 bits per heavy atom. The van der Waals surface area contributed by atoms with Crippen LogP contribution in [-0.2, 0) is 25.7 Å². The first kappa shape index (κ1) is 37.6. The Balaban J connectivity index is 1.56. The molecule has 4 rings (SSSR count). The van der Waals surface area contributed by atoms with Crippen LogP contribution in [0.5, 0.6) is 17.2 Å². The predicted molar refractivity (Wildman–Crippen MR) is 180 cm³/mol. The highest BCUT2D eigenvalue weighted by molar-refractivity contribution is 5.98. The number of phenolic OH excluding ortho intramolecular Hbond substituents is 2. The number of Topliss-reactive ketones (excluding diaryl/α,β-unsaturated/α-hetero) is 1. The number of fused-ring (bicyclic) bond motifs is 1. The fraction of sp³-hybridized carbons (Fsp3) is 0.400. The lowest BCUT2D eigenvalue weighted by atomic mass is 9.84. The Labute approximate surface area is 289 Å². The molecular formula is C35H43N5O10. The highest BCUT2D eigenvalue weighted by Crippen LogP contribution is 2.44. The summed E-state index contributed by atoms with van der Waals surface area (Å²) in [7, 11) is 1.50. The Morgan fingerprint density at radius 2 is 1.82 bits per heavy atom. The van der Waals surface area contributed by atoms with Gasteiger partial charge in [-0.15, -0.1) is 0 Å². The number of nitrogens with zero attached hydrogens (tertiary/aromatic N) is 2. The third kappa shape index (κ3) is 10.4. The number of ketones is 1. The number of cyclic esters (lactones) is 1. The van der Waals surface area contributed by atoms with Crippen LogP contribution < -0.4 is 20.6 Å². The molecule has 3 unspecified atom stereocenters. The van der Waals surface area contributed by atoms with E-state index in [-0.39, 0.29) is 60.0 Å². The number of carbonyl (C=O) groups is 4. The zero-order chi connectivity index (χ0) is 36.2. The van der Waals surface area contributed by atoms with Gasteiger partial charge in [-0.3, -0.25) is 19.1 Å². The summed E-state index contributed by atoms with van der Waals surface area (Å²) in [6.07, 6.45) is 7.93. The molecule has 0 radical (unpaired) electrons. The van der Waals surface area contributed by atoms with Gasteiger partial charge in [0.25, 0.3) is 0 Å². The number of esters is 1. The maximum absolute atomic E-state index is 13.5. The van der Waals surface area contributed by atoms with Gasteiger partial charge in [-0.2, -0.15) is 10.3 Å². The van der Waals surface area contributed by atoms with Gasteiger partial charge in [-0.05, 0) is 61.9 Å². The van der Waals surface area contributed by atoms with E-state index in [1.807, 2.05) is 0 Å². The van der Waals surface area contributed by atoms with Crippen molar-refractivity contribution in [3.05, 3.63) is 76.3 Å². The van der Waals surface area contributed by atoms with Gasteiger partial charge in [0, 0.05) is 43.8 Å². The monoisotopic (exact) mass is 693 g/mol. The summed E-state index contributed by atoms with van der Waals surface area (Å²) in [4.78, 5) is 51.3. The van der Waals surface area contributed by atoms with Crippen LogP contribution >= 0.6 is 0 Å². The molecule has 15 nitrogen and oxygen atoms in total. The van der Waals surface area contributed by atoms with E-state index in [9.17, 15) is 34.6 Å². The minimum absolute atomic E-state index is 0.0398. The standard InChI is InChI=1S/C35H43N5O10/c1-22-7-6-10-26(41)9-5-3-4-8-24-17-29(42)33(34(45)32(24)35(46)50-22)28(23-11-13-27(49-2)14-12-23)18-30(43)36-15-16-37-31(44)21-39-20-25(19-38-39)40(47)48/h4,8,11-14,17,19-20,22,28,40,42,45,47H,3,5-7,9-10,15-16,18,21H2,1-2H3,(H,36,43)(H,37,44). The van der Waals surface area contributed by atoms with Crippen LogP contribution in [0.25, 0.3) is 6.08 Å². The van der Waals surface area contributed by atoms with E-state index in [0.29, 0.717) is 49.8 Å². The van der Waals surface area contributed by atoms with Crippen molar-refractivity contribution in [1.29, 1.82) is 0 Å². The quantitative estimate of drug-likeness (QED) is 0.0975. The van der Waals surface area contributed by atoms with Crippen LogP contribution in [0.3, 0.4) is 0 Å². The smallest absolute Gasteiger partial charge is 0.342 e. The molecule has 2 amide bonds. The molecule has 0 aliphatic carbocycles. The lowest BCUT2D eigenvalue weighted by molar-refractivity contribution is -0.991. The number of quaternary nitrogens is 1. The Bertz CT molecular complexity index is 1690. The van der Waals surface area contributed by atoms with E-state index in [0.717, 1.165) is 6.20 Å². The number of hydrogen-bond acceptors (Lipinski definition) is 11. The number of aromatic hydroxyl groups is 2. The molecule has 6 N–H and O–H groups in total. The normalized spacial score (nSPS) is 16.8. The van der Waals surface area contributed by atoms with Gasteiger partial charge in [0.05, 0.1) is 19.4 Å². The molecule has 268 valence electrons. The second-order valence-electron chi connectivity index (χ2n) is 12.0. The molecule has 50 heavy (non-hydrogen) atoms. The second-order valence-corrected chi connectivity index (χ2v) is 12.0. The minimum Gasteiger partial charge on any atom is -0.595 e. The van der Waals surface area contributed by atoms with E-state index >= 15 is 0 Å². The number of carbonyl (C=O) groups excluding carboxylic acids is 4. The average Bonchev–Trinajstić information content (AvgIpc) is 3.54. The number of ether oxygens (including phenoxy) is 2. The molecule has 0 spiro atoms. The van der Waals surface area contributed by atoms with Crippen LogP contribution in [0.4, 0.5) is 5.69 Å². The summed E-state index contributed by atoms with van der Waals surface area (Å²) in [6, 6.07) is 8.08. The van der Waals surface area contributed by atoms with Crippen molar-refractivity contribution in [1.82, 2.24) is 20.4 Å². The molecule has 1 aliphatic rings. The fourth-order valence-electron chi connectivity index (χ4n) is 5.67. The lowest BCUT2D eigenvalue weighted by Gasteiger charge is -2.23. The van der Waals surface area contributed by atoms with Crippen molar-refractivity contribution in [3.63, 3.8) is 0 Å². The van der Waals surface area contributed by atoms with Gasteiger partial charge in [0.1, 0.15) is 41.3 Å². The molecule has 0 bridgehead atoms. The van der Waals surface area contributed by atoms with Crippen LogP contribution in [0, 0.1) is 5.21 Å².